The number of nitrogen functional groups attached to an aromatic ring is 1. The van der Waals surface area contributed by atoms with Gasteiger partial charge in [0.15, 0.2) is 11.6 Å². The molecule has 1 aliphatic rings. The fraction of sp³-hybridized carbons (Fsp3) is 0.326. The molecule has 0 aliphatic carbocycles. The molecular weight excluding hydrogens is 771 g/mol. The van der Waals surface area contributed by atoms with Crippen LogP contribution in [0.4, 0.5) is 5.95 Å². The molecule has 1 saturated heterocycles. The lowest BCUT2D eigenvalue weighted by Crippen LogP contribution is -2.48. The number of phenolic OH excluding ortho intramolecular Hbond substituents is 2. The maximum absolute atomic E-state index is 13.2. The number of H-pyrrole nitrogens is 3. The van der Waals surface area contributed by atoms with E-state index in [1.165, 1.54) is 10.6 Å². The zero-order valence-corrected chi connectivity index (χ0v) is 33.3. The number of piperazine rings is 1. The number of hydrogen-bond donors (Lipinski definition) is 7. The van der Waals surface area contributed by atoms with Gasteiger partial charge in [0.2, 0.25) is 11.9 Å². The minimum Gasteiger partial charge on any atom is -0.508 e. The topological polar surface area (TPSA) is 257 Å². The Labute approximate surface area is 343 Å². The number of ketones is 1. The van der Waals surface area contributed by atoms with Gasteiger partial charge in [-0.1, -0.05) is 50.2 Å². The van der Waals surface area contributed by atoms with Crippen LogP contribution in [0.3, 0.4) is 0 Å². The third kappa shape index (κ3) is 9.00. The largest absolute Gasteiger partial charge is 0.508 e. The fourth-order valence-electron chi connectivity index (χ4n) is 7.68. The van der Waals surface area contributed by atoms with E-state index < -0.39 is 17.6 Å². The Bertz CT molecular complexity index is 2650. The van der Waals surface area contributed by atoms with Gasteiger partial charge in [0, 0.05) is 63.4 Å². The number of aryl methyl sites for hydroxylation is 2. The van der Waals surface area contributed by atoms with E-state index in [9.17, 15) is 39.3 Å². The van der Waals surface area contributed by atoms with E-state index in [0.717, 1.165) is 16.7 Å². The number of hydrogen-bond acceptors (Lipinski definition) is 11. The number of nitrogens with zero attached hydrogens (tertiary/aromatic N) is 5. The standard InChI is InChI=1S/C43H47N9O8/c1-24(2)31-20-32(35(55)21-34(31)54)39-48-49-43(60)52(39)30-12-6-26(7-13-30)23-50-15-17-51(18-16-50)36(56)14-11-28(41(58)59)19-33(53)27-8-3-25(4-9-27)5-10-29-22-45-38-37(29)40(57)47-42(44)46-38/h3-4,6-9,12-13,20-22,24,28,54-55H,5,10-11,14-19,23H2,1-2H3,(H,49,60)(H,58,59)(H4,44,45,46,47,57)/t28-/m1/s1. The first-order chi connectivity index (χ1) is 28.7. The molecule has 1 atom stereocenters. The number of carboxylic acid groups (broad SMARTS) is 1. The summed E-state index contributed by atoms with van der Waals surface area (Å²) >= 11 is 0. The number of amides is 1. The fourth-order valence-corrected chi connectivity index (χ4v) is 7.68. The zero-order valence-electron chi connectivity index (χ0n) is 33.3. The van der Waals surface area contributed by atoms with Crippen LogP contribution < -0.4 is 17.0 Å². The summed E-state index contributed by atoms with van der Waals surface area (Å²) in [5.74, 6) is -2.63. The number of nitrogens with one attached hydrogen (secondary N) is 3. The van der Waals surface area contributed by atoms with Crippen molar-refractivity contribution in [1.29, 1.82) is 0 Å². The summed E-state index contributed by atoms with van der Waals surface area (Å²) in [6.07, 6.45) is 2.71. The number of fused-ring (bicyclic) bond motifs is 1. The van der Waals surface area contributed by atoms with E-state index in [0.29, 0.717) is 79.0 Å². The number of nitrogens with two attached hydrogens (primary N) is 1. The molecule has 4 heterocycles. The maximum Gasteiger partial charge on any atom is 0.348 e. The Morgan fingerprint density at radius 2 is 1.60 bits per heavy atom. The van der Waals surface area contributed by atoms with Crippen LogP contribution in [0.1, 0.15) is 71.6 Å². The second-order valence-corrected chi connectivity index (χ2v) is 15.5. The van der Waals surface area contributed by atoms with Crippen molar-refractivity contribution < 1.29 is 29.7 Å². The van der Waals surface area contributed by atoms with Crippen molar-refractivity contribution >= 4 is 34.6 Å². The minimum absolute atomic E-state index is 0.0134. The lowest BCUT2D eigenvalue weighted by Gasteiger charge is -2.35. The summed E-state index contributed by atoms with van der Waals surface area (Å²) in [5, 5.41) is 37.9. The molecule has 1 aliphatic heterocycles. The Hall–Kier alpha value is -7.01. The molecule has 17 nitrogen and oxygen atoms in total. The number of anilines is 1. The van der Waals surface area contributed by atoms with Crippen LogP contribution in [0.2, 0.25) is 0 Å². The summed E-state index contributed by atoms with van der Waals surface area (Å²) in [6.45, 7) is 6.61. The third-order valence-electron chi connectivity index (χ3n) is 11.1. The van der Waals surface area contributed by atoms with Gasteiger partial charge in [-0.05, 0) is 65.6 Å². The van der Waals surface area contributed by atoms with Gasteiger partial charge in [-0.25, -0.2) is 14.5 Å². The number of aromatic amines is 3. The number of rotatable bonds is 15. The van der Waals surface area contributed by atoms with Crippen LogP contribution in [0.5, 0.6) is 11.5 Å². The molecule has 0 radical (unpaired) electrons. The van der Waals surface area contributed by atoms with Gasteiger partial charge in [0.1, 0.15) is 17.1 Å². The highest BCUT2D eigenvalue weighted by molar-refractivity contribution is 5.98. The molecule has 0 spiro atoms. The number of carbonyl (C=O) groups excluding carboxylic acids is 2. The highest BCUT2D eigenvalue weighted by Crippen LogP contribution is 2.37. The Balaban J connectivity index is 0.878. The highest BCUT2D eigenvalue weighted by atomic mass is 16.4. The SMILES string of the molecule is CC(C)c1cc(-c2n[nH]c(=O)n2-c2ccc(CN3CCN(C(=O)CC[C@H](CC(=O)c4ccc(CCc5c[nH]c6nc(N)[nH]c(=O)c56)cc4)C(=O)O)CC3)cc2)c(O)cc1O. The molecule has 3 aromatic carbocycles. The lowest BCUT2D eigenvalue weighted by molar-refractivity contribution is -0.142. The number of aromatic nitrogens is 6. The molecule has 6 aromatic rings. The van der Waals surface area contributed by atoms with Crippen LogP contribution in [0.25, 0.3) is 28.1 Å². The summed E-state index contributed by atoms with van der Waals surface area (Å²) < 4.78 is 1.36. The normalized spacial score (nSPS) is 13.9. The van der Waals surface area contributed by atoms with Crippen LogP contribution >= 0.6 is 0 Å². The lowest BCUT2D eigenvalue weighted by atomic mass is 9.93. The number of carboxylic acids is 1. The first kappa shape index (κ1) is 41.2. The number of carbonyl (C=O) groups is 3. The first-order valence-corrected chi connectivity index (χ1v) is 19.8. The number of benzene rings is 3. The van der Waals surface area contributed by atoms with Crippen molar-refractivity contribution in [2.24, 2.45) is 5.92 Å². The number of aromatic hydroxyl groups is 2. The first-order valence-electron chi connectivity index (χ1n) is 19.8. The van der Waals surface area contributed by atoms with Crippen LogP contribution in [-0.4, -0.2) is 98.7 Å². The smallest absolute Gasteiger partial charge is 0.348 e. The third-order valence-corrected chi connectivity index (χ3v) is 11.1. The zero-order chi connectivity index (χ0) is 42.7. The maximum atomic E-state index is 13.2. The molecule has 0 unspecified atom stereocenters. The van der Waals surface area contributed by atoms with Crippen LogP contribution in [0, 0.1) is 5.92 Å². The second-order valence-electron chi connectivity index (χ2n) is 15.5. The van der Waals surface area contributed by atoms with Gasteiger partial charge in [0.05, 0.1) is 22.6 Å². The van der Waals surface area contributed by atoms with Crippen molar-refractivity contribution in [3.8, 4) is 28.6 Å². The van der Waals surface area contributed by atoms with E-state index in [2.05, 4.69) is 30.0 Å². The van der Waals surface area contributed by atoms with Gasteiger partial charge in [-0.15, -0.1) is 0 Å². The summed E-state index contributed by atoms with van der Waals surface area (Å²) in [5.41, 5.74) is 9.81. The number of phenols is 2. The Morgan fingerprint density at radius 1 is 0.900 bits per heavy atom. The summed E-state index contributed by atoms with van der Waals surface area (Å²) in [7, 11) is 0. The highest BCUT2D eigenvalue weighted by Gasteiger charge is 2.27. The summed E-state index contributed by atoms with van der Waals surface area (Å²) in [4.78, 5) is 77.2. The van der Waals surface area contributed by atoms with Gasteiger partial charge >= 0.3 is 11.7 Å². The molecule has 312 valence electrons. The number of Topliss-reactive ketones (excluding diaryl/α,β-unsaturated/α-hetero) is 1. The van der Waals surface area contributed by atoms with Crippen LogP contribution in [0.15, 0.2) is 76.4 Å². The van der Waals surface area contributed by atoms with Crippen molar-refractivity contribution in [3.05, 3.63) is 116 Å². The van der Waals surface area contributed by atoms with E-state index in [4.69, 9.17) is 5.73 Å². The number of aliphatic carboxylic acids is 1. The van der Waals surface area contributed by atoms with E-state index in [1.54, 1.807) is 41.4 Å². The molecule has 7 rings (SSSR count). The summed E-state index contributed by atoms with van der Waals surface area (Å²) in [6, 6.07) is 17.2. The monoisotopic (exact) mass is 817 g/mol. The molecule has 17 heteroatoms. The van der Waals surface area contributed by atoms with Gasteiger partial charge in [0.25, 0.3) is 5.56 Å². The van der Waals surface area contributed by atoms with Crippen molar-refractivity contribution in [3.63, 3.8) is 0 Å². The average molecular weight is 818 g/mol. The van der Waals surface area contributed by atoms with Gasteiger partial charge < -0.3 is 30.9 Å². The van der Waals surface area contributed by atoms with Crippen molar-refractivity contribution in [2.75, 3.05) is 31.9 Å². The van der Waals surface area contributed by atoms with E-state index in [-0.39, 0.29) is 65.7 Å². The van der Waals surface area contributed by atoms with Crippen LogP contribution in [-0.2, 0) is 29.0 Å². The molecule has 60 heavy (non-hydrogen) atoms. The Morgan fingerprint density at radius 3 is 2.28 bits per heavy atom. The van der Waals surface area contributed by atoms with E-state index in [1.807, 2.05) is 38.1 Å². The molecule has 1 amide bonds. The average Bonchev–Trinajstić information content (AvgIpc) is 3.82. The Kier molecular flexibility index (Phi) is 12.0. The van der Waals surface area contributed by atoms with Crippen molar-refractivity contribution in [1.82, 2.24) is 39.5 Å². The predicted molar refractivity (Wildman–Crippen MR) is 223 cm³/mol. The molecular formula is C43H47N9O8. The molecule has 1 fully saturated rings. The van der Waals surface area contributed by atoms with E-state index >= 15 is 0 Å². The molecule has 8 N–H and O–H groups in total. The molecule has 0 bridgehead atoms. The second kappa shape index (κ2) is 17.5. The van der Waals surface area contributed by atoms with Gasteiger partial charge in [-0.2, -0.15) is 10.1 Å². The quantitative estimate of drug-likeness (QED) is 0.0724. The van der Waals surface area contributed by atoms with Crippen molar-refractivity contribution in [2.45, 2.75) is 58.4 Å². The molecule has 3 aromatic heterocycles. The molecule has 0 saturated carbocycles. The minimum atomic E-state index is -1.12. The predicted octanol–water partition coefficient (Wildman–Crippen LogP) is 4.09. The van der Waals surface area contributed by atoms with Gasteiger partial charge in [-0.3, -0.25) is 29.1 Å².